The molecular formula is C35H34NS+. The van der Waals surface area contributed by atoms with Crippen LogP contribution in [-0.4, -0.2) is 0 Å². The van der Waals surface area contributed by atoms with E-state index >= 15 is 0 Å². The lowest BCUT2D eigenvalue weighted by Gasteiger charge is -2.17. The first-order valence-electron chi connectivity index (χ1n) is 13.2. The van der Waals surface area contributed by atoms with Crippen molar-refractivity contribution < 1.29 is 4.57 Å². The first kappa shape index (κ1) is 25.0. The second kappa shape index (κ2) is 11.6. The molecule has 0 radical (unpaired) electrons. The van der Waals surface area contributed by atoms with Gasteiger partial charge in [-0.05, 0) is 46.5 Å². The number of thioether (sulfide) groups is 1. The van der Waals surface area contributed by atoms with E-state index in [4.69, 9.17) is 0 Å². The lowest BCUT2D eigenvalue weighted by atomic mass is 10.1. The Morgan fingerprint density at radius 2 is 1.24 bits per heavy atom. The molecule has 0 atom stereocenters. The molecule has 2 aromatic carbocycles. The maximum Gasteiger partial charge on any atom is 0.186 e. The van der Waals surface area contributed by atoms with Gasteiger partial charge in [-0.25, -0.2) is 0 Å². The zero-order valence-electron chi connectivity index (χ0n) is 21.9. The molecule has 0 bridgehead atoms. The highest BCUT2D eigenvalue weighted by atomic mass is 32.2. The SMILES string of the molecule is CCCC[n+]1c(C)c2ccc(/C=C/C=C3C=C(c4ccccc4)SC(c4ccccc4)=C3)ccc-2c1C. The molecule has 0 aromatic heterocycles. The summed E-state index contributed by atoms with van der Waals surface area (Å²) in [6, 6.07) is 30.3. The number of aromatic nitrogens is 1. The van der Waals surface area contributed by atoms with Crippen molar-refractivity contribution in [2.24, 2.45) is 0 Å². The van der Waals surface area contributed by atoms with Crippen LogP contribution in [0.4, 0.5) is 0 Å². The van der Waals surface area contributed by atoms with Crippen LogP contribution < -0.4 is 4.57 Å². The average molecular weight is 501 g/mol. The molecule has 0 fully saturated rings. The normalized spacial score (nSPS) is 13.6. The maximum absolute atomic E-state index is 2.47. The number of hydrogen-bond donors (Lipinski definition) is 0. The highest BCUT2D eigenvalue weighted by Gasteiger charge is 2.24. The van der Waals surface area contributed by atoms with E-state index in [1.54, 1.807) is 0 Å². The molecule has 2 heteroatoms. The third-order valence-corrected chi connectivity index (χ3v) is 8.16. The van der Waals surface area contributed by atoms with Crippen LogP contribution in [0.2, 0.25) is 0 Å². The Bertz CT molecular complexity index is 1380. The van der Waals surface area contributed by atoms with Gasteiger partial charge in [0.2, 0.25) is 0 Å². The Hall–Kier alpha value is -3.62. The van der Waals surface area contributed by atoms with E-state index in [-0.39, 0.29) is 0 Å². The summed E-state index contributed by atoms with van der Waals surface area (Å²) in [5, 5.41) is 0. The fourth-order valence-electron chi connectivity index (χ4n) is 4.91. The van der Waals surface area contributed by atoms with Gasteiger partial charge in [0.05, 0.1) is 11.1 Å². The van der Waals surface area contributed by atoms with Gasteiger partial charge < -0.3 is 0 Å². The van der Waals surface area contributed by atoms with E-state index in [0.29, 0.717) is 0 Å². The third kappa shape index (κ3) is 5.70. The summed E-state index contributed by atoms with van der Waals surface area (Å²) < 4.78 is 2.47. The largest absolute Gasteiger partial charge is 0.199 e. The monoisotopic (exact) mass is 500 g/mol. The Morgan fingerprint density at radius 1 is 0.703 bits per heavy atom. The van der Waals surface area contributed by atoms with Gasteiger partial charge in [0.1, 0.15) is 6.54 Å². The summed E-state index contributed by atoms with van der Waals surface area (Å²) in [5.74, 6) is 0. The summed E-state index contributed by atoms with van der Waals surface area (Å²) >= 11 is 1.84. The topological polar surface area (TPSA) is 3.88 Å². The summed E-state index contributed by atoms with van der Waals surface area (Å²) in [6.07, 6.45) is 13.6. The van der Waals surface area contributed by atoms with Crippen molar-refractivity contribution in [3.05, 3.63) is 143 Å². The standard InChI is InChI=1S/C35H34NS/c1-4-5-23-36-26(2)32-21-19-28(20-22-33(32)27(36)3)13-12-14-29-24-34(30-15-8-6-9-16-30)37-35(25-29)31-17-10-7-11-18-31/h6-22,24-25H,4-5,23H2,1-3H3/q+1/b13-12+. The zero-order valence-corrected chi connectivity index (χ0v) is 22.8. The van der Waals surface area contributed by atoms with E-state index < -0.39 is 0 Å². The van der Waals surface area contributed by atoms with Crippen molar-refractivity contribution in [2.75, 3.05) is 0 Å². The van der Waals surface area contributed by atoms with Crippen LogP contribution in [-0.2, 0) is 6.54 Å². The minimum absolute atomic E-state index is 1.10. The molecule has 2 heterocycles. The second-order valence-corrected chi connectivity index (χ2v) is 10.6. The molecule has 2 aromatic rings. The summed E-state index contributed by atoms with van der Waals surface area (Å²) in [5.41, 5.74) is 10.3. The van der Waals surface area contributed by atoms with E-state index in [9.17, 15) is 0 Å². The number of nitrogens with zero attached hydrogens (tertiary/aromatic N) is 1. The van der Waals surface area contributed by atoms with Gasteiger partial charge in [0.15, 0.2) is 11.4 Å². The van der Waals surface area contributed by atoms with Crippen LogP contribution in [0.25, 0.3) is 27.0 Å². The highest BCUT2D eigenvalue weighted by molar-refractivity contribution is 8.16. The Labute approximate surface area is 225 Å². The minimum atomic E-state index is 1.10. The first-order valence-corrected chi connectivity index (χ1v) is 14.0. The van der Waals surface area contributed by atoms with Crippen LogP contribution in [0.15, 0.2) is 115 Å². The van der Waals surface area contributed by atoms with Crippen LogP contribution in [0.5, 0.6) is 0 Å². The molecule has 0 saturated heterocycles. The molecule has 2 aliphatic heterocycles. The van der Waals surface area contributed by atoms with Gasteiger partial charge >= 0.3 is 0 Å². The molecule has 5 rings (SSSR count). The van der Waals surface area contributed by atoms with Gasteiger partial charge in [0, 0.05) is 30.1 Å². The number of benzene rings is 2. The first-order chi connectivity index (χ1) is 18.1. The lowest BCUT2D eigenvalue weighted by Crippen LogP contribution is -2.37. The van der Waals surface area contributed by atoms with E-state index in [1.807, 2.05) is 11.8 Å². The smallest absolute Gasteiger partial charge is 0.186 e. The molecule has 37 heavy (non-hydrogen) atoms. The second-order valence-electron chi connectivity index (χ2n) is 9.55. The Balaban J connectivity index is 1.45. The van der Waals surface area contributed by atoms with Gasteiger partial charge in [0.25, 0.3) is 0 Å². The van der Waals surface area contributed by atoms with Crippen LogP contribution in [0, 0.1) is 13.8 Å². The maximum atomic E-state index is 2.47. The number of hydrogen-bond acceptors (Lipinski definition) is 1. The van der Waals surface area contributed by atoms with Gasteiger partial charge in [-0.3, -0.25) is 0 Å². The van der Waals surface area contributed by atoms with Gasteiger partial charge in [-0.2, -0.15) is 4.57 Å². The van der Waals surface area contributed by atoms with Crippen molar-refractivity contribution in [3.8, 4) is 11.1 Å². The molecule has 3 aliphatic rings. The molecular weight excluding hydrogens is 466 g/mol. The quantitative estimate of drug-likeness (QED) is 0.229. The lowest BCUT2D eigenvalue weighted by molar-refractivity contribution is -0.704. The van der Waals surface area contributed by atoms with E-state index in [1.165, 1.54) is 67.4 Å². The third-order valence-electron chi connectivity index (χ3n) is 7.01. The predicted octanol–water partition coefficient (Wildman–Crippen LogP) is 9.26. The highest BCUT2D eigenvalue weighted by Crippen LogP contribution is 2.43. The van der Waals surface area contributed by atoms with Crippen LogP contribution in [0.1, 0.15) is 47.8 Å². The number of unbranched alkanes of at least 4 members (excludes halogenated alkanes) is 1. The fraction of sp³-hybridized carbons (Fsp3) is 0.171. The van der Waals surface area contributed by atoms with Crippen molar-refractivity contribution in [1.29, 1.82) is 0 Å². The van der Waals surface area contributed by atoms with Crippen molar-refractivity contribution in [2.45, 2.75) is 40.2 Å². The van der Waals surface area contributed by atoms with Gasteiger partial charge in [-0.1, -0.05) is 116 Å². The summed E-state index contributed by atoms with van der Waals surface area (Å²) in [4.78, 5) is 2.54. The summed E-state index contributed by atoms with van der Waals surface area (Å²) in [6.45, 7) is 7.85. The Kier molecular flexibility index (Phi) is 7.87. The molecule has 0 N–H and O–H groups in total. The average Bonchev–Trinajstić information content (AvgIpc) is 3.06. The van der Waals surface area contributed by atoms with Crippen molar-refractivity contribution in [1.82, 2.24) is 0 Å². The Morgan fingerprint density at radius 3 is 1.76 bits per heavy atom. The summed E-state index contributed by atoms with van der Waals surface area (Å²) in [7, 11) is 0. The molecule has 0 unspecified atom stereocenters. The van der Waals surface area contributed by atoms with E-state index in [0.717, 1.165) is 6.54 Å². The number of fused-ring (bicyclic) bond motifs is 1. The number of allylic oxidation sites excluding steroid dienone is 5. The molecule has 1 nitrogen and oxygen atoms in total. The minimum Gasteiger partial charge on any atom is -0.199 e. The molecule has 0 saturated carbocycles. The van der Waals surface area contributed by atoms with Crippen LogP contribution >= 0.6 is 11.8 Å². The van der Waals surface area contributed by atoms with Crippen molar-refractivity contribution >= 4 is 27.6 Å². The fourth-order valence-corrected chi connectivity index (χ4v) is 6.04. The van der Waals surface area contributed by atoms with Crippen LogP contribution in [0.3, 0.4) is 0 Å². The van der Waals surface area contributed by atoms with Crippen molar-refractivity contribution in [3.63, 3.8) is 0 Å². The molecule has 0 spiro atoms. The predicted molar refractivity (Wildman–Crippen MR) is 161 cm³/mol. The zero-order chi connectivity index (χ0) is 25.6. The molecule has 0 amide bonds. The molecule has 184 valence electrons. The molecule has 1 aliphatic carbocycles. The van der Waals surface area contributed by atoms with Gasteiger partial charge in [-0.15, -0.1) is 0 Å². The number of rotatable bonds is 7. The van der Waals surface area contributed by atoms with E-state index in [2.05, 4.69) is 141 Å².